The molecule has 0 bridgehead atoms. The highest BCUT2D eigenvalue weighted by Gasteiger charge is 2.41. The second kappa shape index (κ2) is 22.4. The van der Waals surface area contributed by atoms with Gasteiger partial charge in [-0.3, -0.25) is 0 Å². The number of hydrogen-bond acceptors (Lipinski definition) is 4. The smallest absolute Gasteiger partial charge is 0.322 e. The second-order valence-electron chi connectivity index (χ2n) is 11.3. The first-order chi connectivity index (χ1) is 17.5. The van der Waals surface area contributed by atoms with Gasteiger partial charge in [-0.25, -0.2) is 0 Å². The Bertz CT molecular complexity index is 616. The minimum Gasteiger partial charge on any atom is -0.415 e. The zero-order valence-corrected chi connectivity index (χ0v) is 28.9. The van der Waals surface area contributed by atoms with Gasteiger partial charge in [0.1, 0.15) is 0 Å². The Morgan fingerprint density at radius 1 is 0.405 bits per heavy atom. The van der Waals surface area contributed by atoms with E-state index in [1.165, 1.54) is 64.2 Å². The lowest BCUT2D eigenvalue weighted by molar-refractivity contribution is 0.199. The van der Waals surface area contributed by atoms with Crippen LogP contribution in [0.3, 0.4) is 0 Å². The van der Waals surface area contributed by atoms with Gasteiger partial charge in [0.15, 0.2) is 0 Å². The lowest BCUT2D eigenvalue weighted by atomic mass is 10.1. The van der Waals surface area contributed by atoms with Gasteiger partial charge >= 0.3 is 25.7 Å². The van der Waals surface area contributed by atoms with E-state index in [1.807, 2.05) is 0 Å². The maximum Gasteiger partial charge on any atom is 0.322 e. The van der Waals surface area contributed by atoms with Crippen LogP contribution >= 0.6 is 0 Å². The van der Waals surface area contributed by atoms with Gasteiger partial charge in [0.2, 0.25) is 0 Å². The van der Waals surface area contributed by atoms with E-state index < -0.39 is 25.7 Å². The van der Waals surface area contributed by atoms with Gasteiger partial charge in [-0.2, -0.15) is 0 Å². The van der Waals surface area contributed by atoms with Crippen LogP contribution in [0.5, 0.6) is 0 Å². The molecular formula is C30H60O4Si3. The van der Waals surface area contributed by atoms with Crippen LogP contribution in [0.4, 0.5) is 0 Å². The van der Waals surface area contributed by atoms with Gasteiger partial charge in [0.05, 0.1) is 0 Å². The molecule has 0 N–H and O–H groups in total. The Morgan fingerprint density at radius 2 is 0.730 bits per heavy atom. The largest absolute Gasteiger partial charge is 0.415 e. The molecule has 7 heteroatoms. The number of rotatable bonds is 22. The summed E-state index contributed by atoms with van der Waals surface area (Å²) >= 11 is 0. The summed E-state index contributed by atoms with van der Waals surface area (Å²) < 4.78 is 25.5. The second-order valence-corrected chi connectivity index (χ2v) is 21.9. The molecule has 0 aromatic rings. The minimum absolute atomic E-state index is 0.787. The predicted molar refractivity (Wildman–Crippen MR) is 167 cm³/mol. The summed E-state index contributed by atoms with van der Waals surface area (Å²) in [6, 6.07) is 0. The van der Waals surface area contributed by atoms with Crippen molar-refractivity contribution >= 4 is 25.7 Å². The third kappa shape index (κ3) is 25.6. The van der Waals surface area contributed by atoms with Crippen molar-refractivity contribution in [3.8, 4) is 23.7 Å². The molecule has 0 radical (unpaired) electrons. The van der Waals surface area contributed by atoms with E-state index in [-0.39, 0.29) is 0 Å². The Balaban J connectivity index is 3.97. The highest BCUT2D eigenvalue weighted by atomic mass is 28.5. The molecule has 4 nitrogen and oxygen atoms in total. The average molecular weight is 569 g/mol. The average Bonchev–Trinajstić information content (AvgIpc) is 2.79. The van der Waals surface area contributed by atoms with Crippen LogP contribution in [0, 0.1) is 23.7 Å². The molecule has 0 fully saturated rings. The molecule has 216 valence electrons. The molecule has 0 aromatic carbocycles. The number of unbranched alkanes of at least 4 members (excludes halogenated alkanes) is 12. The zero-order valence-electron chi connectivity index (χ0n) is 25.9. The summed E-state index contributed by atoms with van der Waals surface area (Å²) in [6.45, 7) is 18.7. The summed E-state index contributed by atoms with van der Waals surface area (Å²) in [4.78, 5) is 0. The van der Waals surface area contributed by atoms with Crippen molar-refractivity contribution < 1.29 is 17.1 Å². The molecular weight excluding hydrogens is 509 g/mol. The van der Waals surface area contributed by atoms with Gasteiger partial charge in [-0.05, 0) is 65.0 Å². The van der Waals surface area contributed by atoms with Crippen LogP contribution in [-0.4, -0.2) is 38.9 Å². The molecule has 0 heterocycles. The maximum atomic E-state index is 6.53. The molecule has 0 aliphatic heterocycles. The summed E-state index contributed by atoms with van der Waals surface area (Å²) in [5.74, 6) is 12.7. The first kappa shape index (κ1) is 36.6. The van der Waals surface area contributed by atoms with E-state index in [0.717, 1.165) is 51.7 Å². The van der Waals surface area contributed by atoms with Gasteiger partial charge in [0.25, 0.3) is 0 Å². The first-order valence-corrected chi connectivity index (χ1v) is 23.6. The summed E-state index contributed by atoms with van der Waals surface area (Å²) in [7, 11) is -6.76. The van der Waals surface area contributed by atoms with Crippen molar-refractivity contribution in [3.05, 3.63) is 0 Å². The van der Waals surface area contributed by atoms with Crippen LogP contribution in [-0.2, 0) is 17.1 Å². The quantitative estimate of drug-likeness (QED) is 0.0740. The minimum atomic E-state index is -2.32. The monoisotopic (exact) mass is 568 g/mol. The third-order valence-corrected chi connectivity index (χ3v) is 15.5. The van der Waals surface area contributed by atoms with Crippen LogP contribution in [0.2, 0.25) is 39.3 Å². The van der Waals surface area contributed by atoms with Gasteiger partial charge in [-0.15, -0.1) is 23.7 Å². The van der Waals surface area contributed by atoms with Crippen LogP contribution in [0.1, 0.15) is 117 Å². The molecule has 0 rings (SSSR count). The van der Waals surface area contributed by atoms with Crippen LogP contribution < -0.4 is 0 Å². The van der Waals surface area contributed by atoms with Crippen molar-refractivity contribution in [2.75, 3.05) is 13.2 Å². The molecule has 0 saturated carbocycles. The van der Waals surface area contributed by atoms with Crippen molar-refractivity contribution in [1.82, 2.24) is 0 Å². The topological polar surface area (TPSA) is 36.9 Å². The third-order valence-electron chi connectivity index (χ3n) is 5.88. The molecule has 0 unspecified atom stereocenters. The van der Waals surface area contributed by atoms with E-state index in [2.05, 4.69) is 76.8 Å². The Hall–Kier alpha value is -0.389. The fourth-order valence-electron chi connectivity index (χ4n) is 4.37. The predicted octanol–water partition coefficient (Wildman–Crippen LogP) is 9.45. The van der Waals surface area contributed by atoms with Crippen LogP contribution in [0.25, 0.3) is 0 Å². The van der Waals surface area contributed by atoms with Crippen LogP contribution in [0.15, 0.2) is 0 Å². The van der Waals surface area contributed by atoms with E-state index in [0.29, 0.717) is 0 Å². The Morgan fingerprint density at radius 3 is 1.08 bits per heavy atom. The lowest BCUT2D eigenvalue weighted by Crippen LogP contribution is -2.54. The lowest BCUT2D eigenvalue weighted by Gasteiger charge is -2.37. The SMILES string of the molecule is CCC#CCCCCCCCCO[Si](C)(C)O[Si](C)(C)O[Si](C)(C)OCCCCCCCCC#CCC. The maximum absolute atomic E-state index is 6.53. The van der Waals surface area contributed by atoms with Crippen molar-refractivity contribution in [3.63, 3.8) is 0 Å². The Labute approximate surface area is 235 Å². The van der Waals surface area contributed by atoms with Gasteiger partial charge in [0, 0.05) is 38.9 Å². The normalized spacial score (nSPS) is 12.1. The zero-order chi connectivity index (χ0) is 27.9. The molecule has 0 saturated heterocycles. The number of hydrogen-bond donors (Lipinski definition) is 0. The van der Waals surface area contributed by atoms with Crippen molar-refractivity contribution in [1.29, 1.82) is 0 Å². The molecule has 0 aliphatic rings. The highest BCUT2D eigenvalue weighted by molar-refractivity contribution is 6.84. The van der Waals surface area contributed by atoms with Crippen molar-refractivity contribution in [2.24, 2.45) is 0 Å². The first-order valence-electron chi connectivity index (χ1n) is 15.1. The van der Waals surface area contributed by atoms with E-state index >= 15 is 0 Å². The van der Waals surface area contributed by atoms with E-state index in [9.17, 15) is 0 Å². The molecule has 0 aromatic heterocycles. The van der Waals surface area contributed by atoms with Crippen molar-refractivity contribution in [2.45, 2.75) is 156 Å². The summed E-state index contributed by atoms with van der Waals surface area (Å²) in [5.41, 5.74) is 0. The van der Waals surface area contributed by atoms with Gasteiger partial charge in [-0.1, -0.05) is 65.2 Å². The molecule has 0 amide bonds. The fraction of sp³-hybridized carbons (Fsp3) is 0.867. The highest BCUT2D eigenvalue weighted by Crippen LogP contribution is 2.22. The van der Waals surface area contributed by atoms with Gasteiger partial charge < -0.3 is 17.1 Å². The van der Waals surface area contributed by atoms with E-state index in [4.69, 9.17) is 17.1 Å². The summed E-state index contributed by atoms with van der Waals surface area (Å²) in [5, 5.41) is 0. The fourth-order valence-corrected chi connectivity index (χ4v) is 16.1. The molecule has 37 heavy (non-hydrogen) atoms. The summed E-state index contributed by atoms with van der Waals surface area (Å²) in [6.07, 6.45) is 18.9. The standard InChI is InChI=1S/C30H60O4Si3/c1-9-11-13-15-17-19-21-23-25-27-29-31-35(3,4)33-37(7,8)34-36(5,6)32-30-28-26-24-22-20-18-16-14-12-10-2/h9-10,15-30H2,1-8H3. The van der Waals surface area contributed by atoms with E-state index in [1.54, 1.807) is 0 Å². The molecule has 0 atom stereocenters. The Kier molecular flexibility index (Phi) is 22.2. The molecule has 0 spiro atoms. The molecule has 0 aliphatic carbocycles.